The van der Waals surface area contributed by atoms with Crippen LogP contribution in [0.15, 0.2) is 42.5 Å². The van der Waals surface area contributed by atoms with Crippen molar-refractivity contribution in [2.24, 2.45) is 5.92 Å². The van der Waals surface area contributed by atoms with Gasteiger partial charge >= 0.3 is 6.03 Å². The molecule has 0 aliphatic carbocycles. The molecule has 0 radical (unpaired) electrons. The maximum atomic E-state index is 12.8. The van der Waals surface area contributed by atoms with E-state index < -0.39 is 0 Å². The van der Waals surface area contributed by atoms with Crippen LogP contribution in [0.4, 0.5) is 9.18 Å². The molecule has 1 aliphatic rings. The summed E-state index contributed by atoms with van der Waals surface area (Å²) in [6, 6.07) is 11.6. The number of ether oxygens (including phenoxy) is 2. The van der Waals surface area contributed by atoms with Crippen LogP contribution in [-0.2, 0) is 13.0 Å². The summed E-state index contributed by atoms with van der Waals surface area (Å²) >= 11 is 0. The van der Waals surface area contributed by atoms with Crippen LogP contribution in [0, 0.1) is 11.7 Å². The zero-order chi connectivity index (χ0) is 17.6. The highest BCUT2D eigenvalue weighted by Gasteiger charge is 2.20. The fraction of sp³-hybridized carbons (Fsp3) is 0.316. The molecular weight excluding hydrogens is 323 g/mol. The first kappa shape index (κ1) is 17.1. The third-order valence-electron chi connectivity index (χ3n) is 4.18. The summed E-state index contributed by atoms with van der Waals surface area (Å²) in [5, 5.41) is 5.62. The molecular formula is C19H21FN2O3. The Morgan fingerprint density at radius 1 is 1.24 bits per heavy atom. The van der Waals surface area contributed by atoms with E-state index in [1.165, 1.54) is 12.1 Å². The smallest absolute Gasteiger partial charge is 0.315 e. The van der Waals surface area contributed by atoms with Crippen LogP contribution in [0.2, 0.25) is 0 Å². The molecule has 0 bridgehead atoms. The molecule has 6 heteroatoms. The van der Waals surface area contributed by atoms with Gasteiger partial charge in [0, 0.05) is 25.1 Å². The minimum absolute atomic E-state index is 0.220. The van der Waals surface area contributed by atoms with Crippen molar-refractivity contribution in [3.63, 3.8) is 0 Å². The highest BCUT2D eigenvalue weighted by atomic mass is 19.1. The normalized spacial score (nSPS) is 15.7. The molecule has 0 aromatic heterocycles. The number of nitrogens with one attached hydrogen (secondary N) is 2. The minimum atomic E-state index is -0.289. The van der Waals surface area contributed by atoms with Gasteiger partial charge in [-0.2, -0.15) is 0 Å². The van der Waals surface area contributed by atoms with Gasteiger partial charge in [0.05, 0.1) is 13.7 Å². The summed E-state index contributed by atoms with van der Waals surface area (Å²) in [6.45, 7) is 1.44. The van der Waals surface area contributed by atoms with E-state index in [-0.39, 0.29) is 17.8 Å². The van der Waals surface area contributed by atoms with E-state index in [0.29, 0.717) is 19.7 Å². The first-order valence-corrected chi connectivity index (χ1v) is 8.20. The van der Waals surface area contributed by atoms with E-state index in [1.807, 2.05) is 18.2 Å². The molecule has 0 fully saturated rings. The molecule has 0 saturated heterocycles. The number of hydrogen-bond donors (Lipinski definition) is 2. The van der Waals surface area contributed by atoms with Crippen molar-refractivity contribution in [3.8, 4) is 11.5 Å². The Hall–Kier alpha value is -2.76. The monoisotopic (exact) mass is 344 g/mol. The molecule has 1 atom stereocenters. The van der Waals surface area contributed by atoms with Crippen molar-refractivity contribution in [3.05, 3.63) is 59.4 Å². The van der Waals surface area contributed by atoms with Crippen molar-refractivity contribution in [2.75, 3.05) is 20.3 Å². The summed E-state index contributed by atoms with van der Waals surface area (Å²) < 4.78 is 23.8. The Labute approximate surface area is 146 Å². The lowest BCUT2D eigenvalue weighted by atomic mass is 9.96. The van der Waals surface area contributed by atoms with E-state index in [0.717, 1.165) is 29.0 Å². The van der Waals surface area contributed by atoms with Crippen LogP contribution in [0.3, 0.4) is 0 Å². The Balaban J connectivity index is 1.44. The van der Waals surface area contributed by atoms with Gasteiger partial charge in [-0.05, 0) is 35.7 Å². The zero-order valence-electron chi connectivity index (χ0n) is 14.0. The Bertz CT molecular complexity index is 734. The van der Waals surface area contributed by atoms with Crippen LogP contribution in [0.5, 0.6) is 11.5 Å². The van der Waals surface area contributed by atoms with Crippen molar-refractivity contribution in [2.45, 2.75) is 13.0 Å². The van der Waals surface area contributed by atoms with Crippen molar-refractivity contribution < 1.29 is 18.7 Å². The molecule has 2 aromatic carbocycles. The largest absolute Gasteiger partial charge is 0.497 e. The summed E-state index contributed by atoms with van der Waals surface area (Å²) in [5.41, 5.74) is 1.96. The van der Waals surface area contributed by atoms with Crippen molar-refractivity contribution in [1.29, 1.82) is 0 Å². The SMILES string of the molecule is COc1ccc2c(c1)OC[C@@H](CNC(=O)NCc1ccc(F)cc1)C2. The summed E-state index contributed by atoms with van der Waals surface area (Å²) in [4.78, 5) is 11.9. The van der Waals surface area contributed by atoms with Crippen LogP contribution < -0.4 is 20.1 Å². The second-order valence-electron chi connectivity index (χ2n) is 6.04. The lowest BCUT2D eigenvalue weighted by Gasteiger charge is -2.25. The molecule has 0 spiro atoms. The summed E-state index contributed by atoms with van der Waals surface area (Å²) in [7, 11) is 1.63. The van der Waals surface area contributed by atoms with E-state index in [2.05, 4.69) is 10.6 Å². The molecule has 132 valence electrons. The van der Waals surface area contributed by atoms with Gasteiger partial charge in [-0.25, -0.2) is 9.18 Å². The average molecular weight is 344 g/mol. The van der Waals surface area contributed by atoms with Gasteiger partial charge in [0.15, 0.2) is 0 Å². The predicted octanol–water partition coefficient (Wildman–Crippen LogP) is 2.88. The molecule has 2 aromatic rings. The quantitative estimate of drug-likeness (QED) is 0.877. The second-order valence-corrected chi connectivity index (χ2v) is 6.04. The average Bonchev–Trinajstić information content (AvgIpc) is 2.65. The molecule has 2 amide bonds. The number of hydrogen-bond acceptors (Lipinski definition) is 3. The van der Waals surface area contributed by atoms with E-state index in [4.69, 9.17) is 9.47 Å². The molecule has 1 aliphatic heterocycles. The van der Waals surface area contributed by atoms with Gasteiger partial charge in [0.2, 0.25) is 0 Å². The van der Waals surface area contributed by atoms with Crippen LogP contribution >= 0.6 is 0 Å². The molecule has 25 heavy (non-hydrogen) atoms. The highest BCUT2D eigenvalue weighted by Crippen LogP contribution is 2.30. The first-order chi connectivity index (χ1) is 12.1. The molecule has 1 heterocycles. The standard InChI is InChI=1S/C19H21FN2O3/c1-24-17-7-4-15-8-14(12-25-18(15)9-17)11-22-19(23)21-10-13-2-5-16(20)6-3-13/h2-7,9,14H,8,10-12H2,1H3,(H2,21,22,23)/t14-/m1/s1. The van der Waals surface area contributed by atoms with Crippen molar-refractivity contribution in [1.82, 2.24) is 10.6 Å². The topological polar surface area (TPSA) is 59.6 Å². The minimum Gasteiger partial charge on any atom is -0.497 e. The fourth-order valence-corrected chi connectivity index (χ4v) is 2.76. The van der Waals surface area contributed by atoms with Gasteiger partial charge in [-0.3, -0.25) is 0 Å². The van der Waals surface area contributed by atoms with E-state index in [9.17, 15) is 9.18 Å². The Morgan fingerprint density at radius 2 is 2.04 bits per heavy atom. The maximum absolute atomic E-state index is 12.8. The molecule has 2 N–H and O–H groups in total. The van der Waals surface area contributed by atoms with Gasteiger partial charge < -0.3 is 20.1 Å². The number of carbonyl (C=O) groups excluding carboxylic acids is 1. The van der Waals surface area contributed by atoms with Gasteiger partial charge in [-0.1, -0.05) is 18.2 Å². The third-order valence-corrected chi connectivity index (χ3v) is 4.18. The number of amides is 2. The number of carbonyl (C=O) groups is 1. The van der Waals surface area contributed by atoms with Crippen LogP contribution in [0.1, 0.15) is 11.1 Å². The number of benzene rings is 2. The van der Waals surface area contributed by atoms with Gasteiger partial charge in [0.25, 0.3) is 0 Å². The summed E-state index contributed by atoms with van der Waals surface area (Å²) in [6.07, 6.45) is 0.845. The van der Waals surface area contributed by atoms with E-state index >= 15 is 0 Å². The fourth-order valence-electron chi connectivity index (χ4n) is 2.76. The van der Waals surface area contributed by atoms with Crippen LogP contribution in [0.25, 0.3) is 0 Å². The van der Waals surface area contributed by atoms with Gasteiger partial charge in [0.1, 0.15) is 17.3 Å². The second kappa shape index (κ2) is 7.88. The molecule has 0 unspecified atom stereocenters. The highest BCUT2D eigenvalue weighted by molar-refractivity contribution is 5.73. The zero-order valence-corrected chi connectivity index (χ0v) is 14.0. The first-order valence-electron chi connectivity index (χ1n) is 8.20. The predicted molar refractivity (Wildman–Crippen MR) is 92.3 cm³/mol. The van der Waals surface area contributed by atoms with Crippen molar-refractivity contribution >= 4 is 6.03 Å². The summed E-state index contributed by atoms with van der Waals surface area (Å²) in [5.74, 6) is 1.55. The maximum Gasteiger partial charge on any atom is 0.315 e. The Kier molecular flexibility index (Phi) is 5.38. The van der Waals surface area contributed by atoms with E-state index in [1.54, 1.807) is 19.2 Å². The number of halogens is 1. The van der Waals surface area contributed by atoms with Gasteiger partial charge in [-0.15, -0.1) is 0 Å². The number of fused-ring (bicyclic) bond motifs is 1. The van der Waals surface area contributed by atoms with Crippen LogP contribution in [-0.4, -0.2) is 26.3 Å². The molecule has 3 rings (SSSR count). The third kappa shape index (κ3) is 4.62. The number of urea groups is 1. The molecule has 5 nitrogen and oxygen atoms in total. The Morgan fingerprint density at radius 3 is 2.80 bits per heavy atom. The molecule has 0 saturated carbocycles. The lowest BCUT2D eigenvalue weighted by molar-refractivity contribution is 0.210. The lowest BCUT2D eigenvalue weighted by Crippen LogP contribution is -2.40. The number of rotatable bonds is 5. The number of methoxy groups -OCH3 is 1.